The summed E-state index contributed by atoms with van der Waals surface area (Å²) in [7, 11) is 1.00. The van der Waals surface area contributed by atoms with Crippen LogP contribution < -0.4 is 0 Å². The summed E-state index contributed by atoms with van der Waals surface area (Å²) in [6.07, 6.45) is 0. The van der Waals surface area contributed by atoms with Crippen molar-refractivity contribution in [2.45, 2.75) is 33.1 Å². The maximum Gasteiger partial charge on any atom is 0.0670 e. The van der Waals surface area contributed by atoms with Crippen molar-refractivity contribution in [3.63, 3.8) is 0 Å². The van der Waals surface area contributed by atoms with E-state index in [4.69, 9.17) is 5.11 Å². The van der Waals surface area contributed by atoms with Crippen molar-refractivity contribution in [1.82, 2.24) is 0 Å². The molecule has 0 aliphatic carbocycles. The Labute approximate surface area is 93.2 Å². The van der Waals surface area contributed by atoms with Crippen molar-refractivity contribution in [3.05, 3.63) is 29.3 Å². The minimum absolute atomic E-state index is 0. The lowest BCUT2D eigenvalue weighted by Crippen LogP contribution is -2.22. The number of benzene rings is 1. The van der Waals surface area contributed by atoms with E-state index in [-0.39, 0.29) is 6.84 Å². The molecule has 2 heteroatoms. The van der Waals surface area contributed by atoms with Crippen molar-refractivity contribution in [2.75, 3.05) is 7.11 Å². The van der Waals surface area contributed by atoms with Gasteiger partial charge in [0.05, 0.1) is 5.69 Å². The second-order valence-electron chi connectivity index (χ2n) is 4.34. The van der Waals surface area contributed by atoms with Crippen molar-refractivity contribution >= 4 is 11.4 Å². The first kappa shape index (κ1) is 11.9. The van der Waals surface area contributed by atoms with E-state index in [9.17, 15) is 0 Å². The van der Waals surface area contributed by atoms with Gasteiger partial charge in [0.15, 0.2) is 0 Å². The molecule has 1 aromatic rings. The highest BCUT2D eigenvalue weighted by Gasteiger charge is 2.31. The number of aliphatic hydroxyl groups excluding tert-OH is 1. The van der Waals surface area contributed by atoms with Crippen LogP contribution >= 0.6 is 0 Å². The monoisotopic (exact) mass is 207 g/mol. The molecule has 0 fully saturated rings. The molecule has 15 heavy (non-hydrogen) atoms. The van der Waals surface area contributed by atoms with Crippen LogP contribution in [0.1, 0.15) is 33.3 Å². The zero-order chi connectivity index (χ0) is 11.6. The topological polar surface area (TPSA) is 32.6 Å². The van der Waals surface area contributed by atoms with E-state index in [0.29, 0.717) is 0 Å². The maximum atomic E-state index is 7.00. The largest absolute Gasteiger partial charge is 0.400 e. The number of aliphatic hydroxyl groups is 1. The van der Waals surface area contributed by atoms with Crippen LogP contribution in [0.4, 0.5) is 5.69 Å². The Morgan fingerprint density at radius 2 is 1.80 bits per heavy atom. The predicted molar refractivity (Wildman–Crippen MR) is 67.2 cm³/mol. The van der Waals surface area contributed by atoms with E-state index >= 15 is 0 Å². The van der Waals surface area contributed by atoms with E-state index in [1.807, 2.05) is 0 Å². The van der Waals surface area contributed by atoms with Gasteiger partial charge in [-0.3, -0.25) is 4.99 Å². The van der Waals surface area contributed by atoms with Gasteiger partial charge in [0.1, 0.15) is 0 Å². The Hall–Kier alpha value is -1.15. The molecular weight excluding hydrogens is 186 g/mol. The quantitative estimate of drug-likeness (QED) is 0.696. The summed E-state index contributed by atoms with van der Waals surface area (Å²) in [5.74, 6) is 0. The van der Waals surface area contributed by atoms with Gasteiger partial charge >= 0.3 is 0 Å². The van der Waals surface area contributed by atoms with Crippen molar-refractivity contribution in [1.29, 1.82) is 0 Å². The highest BCUT2D eigenvalue weighted by Crippen LogP contribution is 2.39. The van der Waals surface area contributed by atoms with Gasteiger partial charge in [0.2, 0.25) is 0 Å². The molecule has 0 spiro atoms. The summed E-state index contributed by atoms with van der Waals surface area (Å²) in [6.45, 7) is 8.70. The fourth-order valence-corrected chi connectivity index (χ4v) is 1.76. The molecule has 1 N–H and O–H groups in total. The average molecular weight is 207 g/mol. The summed E-state index contributed by atoms with van der Waals surface area (Å²) >= 11 is 0. The molecule has 0 amide bonds. The molecule has 0 saturated heterocycles. The van der Waals surface area contributed by atoms with Crippen molar-refractivity contribution < 1.29 is 6.53 Å². The number of aliphatic imine (C=N–C) groups is 1. The first-order chi connectivity index (χ1) is 7.01. The van der Waals surface area contributed by atoms with Gasteiger partial charge in [-0.05, 0) is 25.5 Å². The molecule has 1 aliphatic heterocycles. The van der Waals surface area contributed by atoms with Crippen LogP contribution in [0.15, 0.2) is 23.2 Å². The molecule has 0 aromatic heterocycles. The number of hydrogen-bond donors (Lipinski definition) is 1. The number of hydrogen-bond acceptors (Lipinski definition) is 2. The molecule has 1 aliphatic rings. The second kappa shape index (κ2) is 4.15. The Bertz CT molecular complexity index is 397. The van der Waals surface area contributed by atoms with Gasteiger partial charge in [-0.1, -0.05) is 31.5 Å². The Balaban J connectivity index is 0.000000711. The maximum absolute atomic E-state index is 7.00. The highest BCUT2D eigenvalue weighted by molar-refractivity contribution is 5.99. The molecule has 0 radical (unpaired) electrons. The summed E-state index contributed by atoms with van der Waals surface area (Å²) in [4.78, 5) is 4.56. The summed E-state index contributed by atoms with van der Waals surface area (Å²) in [5.41, 5.74) is 5.17. The van der Waals surface area contributed by atoms with Gasteiger partial charge in [-0.15, -0.1) is 0 Å². The number of aryl methyl sites for hydroxylation is 1. The molecular formula is C13H21NO. The smallest absolute Gasteiger partial charge is 0.0670 e. The number of rotatable bonds is 0. The first-order valence-corrected chi connectivity index (χ1v) is 5.13. The summed E-state index contributed by atoms with van der Waals surface area (Å²) in [5, 5.41) is 7.00. The van der Waals surface area contributed by atoms with Gasteiger partial charge in [-0.25, -0.2) is 0 Å². The fraction of sp³-hybridized carbons (Fsp3) is 0.462. The second-order valence-corrected chi connectivity index (χ2v) is 4.34. The van der Waals surface area contributed by atoms with Gasteiger partial charge in [0, 0.05) is 19.7 Å². The van der Waals surface area contributed by atoms with Crippen molar-refractivity contribution in [3.8, 4) is 0 Å². The lowest BCUT2D eigenvalue weighted by atomic mass is 9.82. The van der Waals surface area contributed by atoms with Crippen LogP contribution in [0.2, 0.25) is 0 Å². The SMILES string of the molecule is CC1=Nc2ccc(C)cc2C1(C)C.CO.[HH]. The zero-order valence-corrected chi connectivity index (χ0v) is 10.1. The van der Waals surface area contributed by atoms with E-state index in [0.717, 1.165) is 12.8 Å². The zero-order valence-electron chi connectivity index (χ0n) is 10.1. The summed E-state index contributed by atoms with van der Waals surface area (Å²) in [6, 6.07) is 6.48. The normalized spacial score (nSPS) is 16.3. The van der Waals surface area contributed by atoms with Crippen molar-refractivity contribution in [2.24, 2.45) is 4.99 Å². The number of nitrogens with zero attached hydrogens (tertiary/aromatic N) is 1. The van der Waals surface area contributed by atoms with Crippen LogP contribution in [0.3, 0.4) is 0 Å². The van der Waals surface area contributed by atoms with Gasteiger partial charge < -0.3 is 5.11 Å². The molecule has 0 unspecified atom stereocenters. The molecule has 0 atom stereocenters. The van der Waals surface area contributed by atoms with Crippen LogP contribution in [0, 0.1) is 6.92 Å². The van der Waals surface area contributed by atoms with E-state index < -0.39 is 0 Å². The standard InChI is InChI=1S/C12H15N.CH4O.H2/c1-8-5-6-11-10(7-8)12(3,4)9(2)13-11;1-2;/h5-7H,1-4H3;2H,1H3;1H. The molecule has 2 rings (SSSR count). The Kier molecular flexibility index (Phi) is 3.30. The Morgan fingerprint density at radius 1 is 1.20 bits per heavy atom. The molecule has 2 nitrogen and oxygen atoms in total. The molecule has 1 heterocycles. The highest BCUT2D eigenvalue weighted by atomic mass is 16.2. The van der Waals surface area contributed by atoms with E-state index in [1.165, 1.54) is 16.8 Å². The van der Waals surface area contributed by atoms with E-state index in [1.54, 1.807) is 0 Å². The minimum atomic E-state index is 0. The third-order valence-corrected chi connectivity index (χ3v) is 3.02. The van der Waals surface area contributed by atoms with Gasteiger partial charge in [-0.2, -0.15) is 0 Å². The first-order valence-electron chi connectivity index (χ1n) is 5.13. The lowest BCUT2D eigenvalue weighted by molar-refractivity contribution is 0.399. The third kappa shape index (κ3) is 1.95. The molecule has 0 bridgehead atoms. The number of fused-ring (bicyclic) bond motifs is 1. The van der Waals surface area contributed by atoms with Crippen LogP contribution in [-0.4, -0.2) is 17.9 Å². The van der Waals surface area contributed by atoms with Crippen LogP contribution in [0.25, 0.3) is 0 Å². The summed E-state index contributed by atoms with van der Waals surface area (Å²) < 4.78 is 0. The molecule has 1 aromatic carbocycles. The van der Waals surface area contributed by atoms with Crippen LogP contribution in [-0.2, 0) is 5.41 Å². The predicted octanol–water partition coefficient (Wildman–Crippen LogP) is 3.23. The van der Waals surface area contributed by atoms with Crippen LogP contribution in [0.5, 0.6) is 0 Å². The molecule has 0 saturated carbocycles. The Morgan fingerprint density at radius 3 is 2.40 bits per heavy atom. The third-order valence-electron chi connectivity index (χ3n) is 3.02. The fourth-order valence-electron chi connectivity index (χ4n) is 1.76. The van der Waals surface area contributed by atoms with E-state index in [2.05, 4.69) is 50.9 Å². The van der Waals surface area contributed by atoms with Gasteiger partial charge in [0.25, 0.3) is 0 Å². The minimum Gasteiger partial charge on any atom is -0.400 e. The average Bonchev–Trinajstić information content (AvgIpc) is 2.43. The molecule has 84 valence electrons. The lowest BCUT2D eigenvalue weighted by Gasteiger charge is -2.20.